The Morgan fingerprint density at radius 2 is 1.96 bits per heavy atom. The van der Waals surface area contributed by atoms with Crippen molar-refractivity contribution in [3.05, 3.63) is 58.9 Å². The number of aromatic nitrogens is 2. The van der Waals surface area contributed by atoms with Gasteiger partial charge in [0.05, 0.1) is 11.4 Å². The highest BCUT2D eigenvalue weighted by Gasteiger charge is 2.18. The van der Waals surface area contributed by atoms with E-state index in [2.05, 4.69) is 52.0 Å². The Labute approximate surface area is 153 Å². The second kappa shape index (κ2) is 7.16. The molecule has 3 heterocycles. The van der Waals surface area contributed by atoms with E-state index in [1.54, 1.807) is 0 Å². The predicted octanol–water partition coefficient (Wildman–Crippen LogP) is 3.76. The number of pyridine rings is 1. The van der Waals surface area contributed by atoms with Crippen molar-refractivity contribution in [3.63, 3.8) is 0 Å². The molecule has 0 unspecified atom stereocenters. The lowest BCUT2D eigenvalue weighted by atomic mass is 10.1. The van der Waals surface area contributed by atoms with E-state index in [1.165, 1.54) is 17.7 Å². The summed E-state index contributed by atoms with van der Waals surface area (Å²) in [6.45, 7) is 7.35. The predicted molar refractivity (Wildman–Crippen MR) is 103 cm³/mol. The van der Waals surface area contributed by atoms with Crippen LogP contribution >= 0.6 is 11.6 Å². The van der Waals surface area contributed by atoms with Crippen LogP contribution in [0, 0.1) is 6.92 Å². The fourth-order valence-corrected chi connectivity index (χ4v) is 3.58. The number of aryl methyl sites for hydroxylation is 1. The van der Waals surface area contributed by atoms with Crippen LogP contribution in [-0.4, -0.2) is 40.5 Å². The summed E-state index contributed by atoms with van der Waals surface area (Å²) in [4.78, 5) is 7.46. The number of halogens is 1. The van der Waals surface area contributed by atoms with Crippen molar-refractivity contribution >= 4 is 17.2 Å². The van der Waals surface area contributed by atoms with Gasteiger partial charge in [-0.15, -0.1) is 0 Å². The Hall–Kier alpha value is -1.88. The van der Waals surface area contributed by atoms with E-state index < -0.39 is 0 Å². The summed E-state index contributed by atoms with van der Waals surface area (Å²) in [5, 5.41) is 4.23. The van der Waals surface area contributed by atoms with Crippen molar-refractivity contribution < 1.29 is 0 Å². The van der Waals surface area contributed by atoms with Gasteiger partial charge in [0.15, 0.2) is 0 Å². The summed E-state index contributed by atoms with van der Waals surface area (Å²) >= 11 is 6.07. The summed E-state index contributed by atoms with van der Waals surface area (Å²) in [6, 6.07) is 12.3. The Morgan fingerprint density at radius 3 is 2.80 bits per heavy atom. The van der Waals surface area contributed by atoms with E-state index >= 15 is 0 Å². The average molecular weight is 355 g/mol. The molecule has 1 fully saturated rings. The normalized spacial score (nSPS) is 16.2. The lowest BCUT2D eigenvalue weighted by molar-refractivity contribution is 0.281. The van der Waals surface area contributed by atoms with E-state index in [0.717, 1.165) is 54.7 Å². The van der Waals surface area contributed by atoms with E-state index in [4.69, 9.17) is 16.6 Å². The Kier molecular flexibility index (Phi) is 4.75. The minimum Gasteiger partial charge on any atom is -0.315 e. The highest BCUT2D eigenvalue weighted by Crippen LogP contribution is 2.27. The van der Waals surface area contributed by atoms with Gasteiger partial charge in [0.2, 0.25) is 0 Å². The Bertz CT molecular complexity index is 861. The lowest BCUT2D eigenvalue weighted by Crippen LogP contribution is -2.28. The smallest absolute Gasteiger partial charge is 0.137 e. The van der Waals surface area contributed by atoms with Crippen molar-refractivity contribution in [2.75, 3.05) is 26.2 Å². The van der Waals surface area contributed by atoms with Crippen LogP contribution < -0.4 is 5.32 Å². The molecule has 0 bridgehead atoms. The molecule has 0 aliphatic carbocycles. The van der Waals surface area contributed by atoms with Crippen LogP contribution in [0.3, 0.4) is 0 Å². The lowest BCUT2D eigenvalue weighted by Gasteiger charge is -2.20. The standard InChI is InChI=1S/C20H23ClN4/c1-15-7-11-25-18(14-24-10-2-8-22-9-12-24)20(23-19(25)13-15)16-3-5-17(21)6-4-16/h3-7,11,13,22H,2,8-10,12,14H2,1H3. The molecule has 3 aromatic rings. The number of nitrogens with one attached hydrogen (secondary N) is 1. The van der Waals surface area contributed by atoms with E-state index in [0.29, 0.717) is 0 Å². The zero-order chi connectivity index (χ0) is 17.2. The van der Waals surface area contributed by atoms with E-state index in [-0.39, 0.29) is 0 Å². The molecule has 25 heavy (non-hydrogen) atoms. The first-order valence-corrected chi connectivity index (χ1v) is 9.25. The molecular weight excluding hydrogens is 332 g/mol. The second-order valence-electron chi connectivity index (χ2n) is 6.73. The Balaban J connectivity index is 1.78. The number of imidazole rings is 1. The quantitative estimate of drug-likeness (QED) is 0.777. The maximum Gasteiger partial charge on any atom is 0.137 e. The first-order valence-electron chi connectivity index (χ1n) is 8.87. The van der Waals surface area contributed by atoms with Crippen LogP contribution in [0.15, 0.2) is 42.6 Å². The SMILES string of the molecule is Cc1ccn2c(CN3CCCNCC3)c(-c3ccc(Cl)cc3)nc2c1. The van der Waals surface area contributed by atoms with E-state index in [9.17, 15) is 0 Å². The molecule has 0 atom stereocenters. The second-order valence-corrected chi connectivity index (χ2v) is 7.16. The Morgan fingerprint density at radius 1 is 1.12 bits per heavy atom. The van der Waals surface area contributed by atoms with Gasteiger partial charge in [-0.25, -0.2) is 4.98 Å². The molecule has 0 saturated carbocycles. The van der Waals surface area contributed by atoms with Gasteiger partial charge < -0.3 is 9.72 Å². The van der Waals surface area contributed by atoms with Gasteiger partial charge in [0.25, 0.3) is 0 Å². The van der Waals surface area contributed by atoms with Gasteiger partial charge in [0, 0.05) is 36.4 Å². The maximum atomic E-state index is 6.07. The summed E-state index contributed by atoms with van der Waals surface area (Å²) in [6.07, 6.45) is 3.33. The summed E-state index contributed by atoms with van der Waals surface area (Å²) in [5.41, 5.74) is 5.66. The summed E-state index contributed by atoms with van der Waals surface area (Å²) in [7, 11) is 0. The molecule has 4 rings (SSSR count). The maximum absolute atomic E-state index is 6.07. The van der Waals surface area contributed by atoms with Crippen LogP contribution in [0.1, 0.15) is 17.7 Å². The van der Waals surface area contributed by atoms with Gasteiger partial charge in [-0.05, 0) is 56.3 Å². The molecule has 130 valence electrons. The van der Waals surface area contributed by atoms with Crippen LogP contribution in [0.25, 0.3) is 16.9 Å². The zero-order valence-electron chi connectivity index (χ0n) is 14.5. The molecular formula is C20H23ClN4. The minimum atomic E-state index is 0.753. The van der Waals surface area contributed by atoms with E-state index in [1.807, 2.05) is 12.1 Å². The van der Waals surface area contributed by atoms with Gasteiger partial charge in [-0.2, -0.15) is 0 Å². The first-order chi connectivity index (χ1) is 12.2. The highest BCUT2D eigenvalue weighted by atomic mass is 35.5. The zero-order valence-corrected chi connectivity index (χ0v) is 15.3. The molecule has 0 amide bonds. The van der Waals surface area contributed by atoms with Gasteiger partial charge in [-0.3, -0.25) is 4.90 Å². The summed E-state index contributed by atoms with van der Waals surface area (Å²) in [5.74, 6) is 0. The molecule has 4 nitrogen and oxygen atoms in total. The van der Waals surface area contributed by atoms with Gasteiger partial charge >= 0.3 is 0 Å². The molecule has 2 aromatic heterocycles. The van der Waals surface area contributed by atoms with Crippen LogP contribution in [0.4, 0.5) is 0 Å². The van der Waals surface area contributed by atoms with Crippen LogP contribution in [0.2, 0.25) is 5.02 Å². The van der Waals surface area contributed by atoms with Crippen LogP contribution in [-0.2, 0) is 6.54 Å². The number of fused-ring (bicyclic) bond motifs is 1. The van der Waals surface area contributed by atoms with Crippen molar-refractivity contribution in [2.24, 2.45) is 0 Å². The minimum absolute atomic E-state index is 0.753. The number of rotatable bonds is 3. The number of hydrogen-bond donors (Lipinski definition) is 1. The molecule has 1 aromatic carbocycles. The largest absolute Gasteiger partial charge is 0.315 e. The molecule has 1 saturated heterocycles. The van der Waals surface area contributed by atoms with Crippen molar-refractivity contribution in [2.45, 2.75) is 19.9 Å². The topological polar surface area (TPSA) is 32.6 Å². The van der Waals surface area contributed by atoms with Crippen molar-refractivity contribution in [3.8, 4) is 11.3 Å². The molecule has 0 radical (unpaired) electrons. The molecule has 1 aliphatic rings. The van der Waals surface area contributed by atoms with Crippen LogP contribution in [0.5, 0.6) is 0 Å². The highest BCUT2D eigenvalue weighted by molar-refractivity contribution is 6.30. The first kappa shape index (κ1) is 16.6. The third-order valence-corrected chi connectivity index (χ3v) is 5.06. The van der Waals surface area contributed by atoms with Crippen molar-refractivity contribution in [1.29, 1.82) is 0 Å². The molecule has 0 spiro atoms. The molecule has 5 heteroatoms. The monoisotopic (exact) mass is 354 g/mol. The third-order valence-electron chi connectivity index (χ3n) is 4.80. The fourth-order valence-electron chi connectivity index (χ4n) is 3.46. The fraction of sp³-hybridized carbons (Fsp3) is 0.350. The average Bonchev–Trinajstić information content (AvgIpc) is 2.78. The van der Waals surface area contributed by atoms with Crippen molar-refractivity contribution in [1.82, 2.24) is 19.6 Å². The number of benzene rings is 1. The summed E-state index contributed by atoms with van der Waals surface area (Å²) < 4.78 is 2.23. The molecule has 1 aliphatic heterocycles. The molecule has 1 N–H and O–H groups in total. The number of hydrogen-bond acceptors (Lipinski definition) is 3. The van der Waals surface area contributed by atoms with Gasteiger partial charge in [-0.1, -0.05) is 23.7 Å². The third kappa shape index (κ3) is 3.56. The van der Waals surface area contributed by atoms with Gasteiger partial charge in [0.1, 0.15) is 5.65 Å². The number of nitrogens with zero attached hydrogens (tertiary/aromatic N) is 3.